The Morgan fingerprint density at radius 2 is 1.80 bits per heavy atom. The van der Waals surface area contributed by atoms with Crippen molar-refractivity contribution in [1.29, 1.82) is 0 Å². The summed E-state index contributed by atoms with van der Waals surface area (Å²) in [7, 11) is 1.65. The van der Waals surface area contributed by atoms with E-state index in [1.807, 2.05) is 59.5 Å². The van der Waals surface area contributed by atoms with Gasteiger partial charge in [0.15, 0.2) is 5.78 Å². The molecule has 4 nitrogen and oxygen atoms in total. The van der Waals surface area contributed by atoms with Crippen molar-refractivity contribution in [2.75, 3.05) is 13.7 Å². The lowest BCUT2D eigenvalue weighted by molar-refractivity contribution is -0.143. The molecule has 2 aromatic rings. The molecule has 1 aliphatic heterocycles. The summed E-state index contributed by atoms with van der Waals surface area (Å²) in [6.45, 7) is 5.47. The van der Waals surface area contributed by atoms with E-state index in [-0.39, 0.29) is 35.4 Å². The fourth-order valence-corrected chi connectivity index (χ4v) is 4.97. The van der Waals surface area contributed by atoms with Gasteiger partial charge in [0.25, 0.3) is 0 Å². The molecule has 1 saturated heterocycles. The number of methoxy groups -OCH3 is 1. The number of allylic oxidation sites excluding steroid dienone is 2. The first-order valence-corrected chi connectivity index (χ1v) is 10.7. The number of Topliss-reactive ketones (excluding diaryl/α,β-unsaturated/α-hetero) is 1. The van der Waals surface area contributed by atoms with Gasteiger partial charge in [0.1, 0.15) is 5.75 Å². The summed E-state index contributed by atoms with van der Waals surface area (Å²) in [4.78, 5) is 29.0. The maximum Gasteiger partial charge on any atom is 0.227 e. The zero-order valence-electron chi connectivity index (χ0n) is 17.9. The van der Waals surface area contributed by atoms with Crippen LogP contribution in [0, 0.1) is 23.7 Å². The van der Waals surface area contributed by atoms with Gasteiger partial charge in [-0.05, 0) is 42.9 Å². The monoisotopic (exact) mass is 403 g/mol. The van der Waals surface area contributed by atoms with Crippen LogP contribution in [0.5, 0.6) is 5.75 Å². The highest BCUT2D eigenvalue weighted by Gasteiger charge is 2.48. The largest absolute Gasteiger partial charge is 0.497 e. The van der Waals surface area contributed by atoms with E-state index in [1.54, 1.807) is 7.11 Å². The first kappa shape index (κ1) is 20.4. The second-order valence-electron chi connectivity index (χ2n) is 8.54. The smallest absolute Gasteiger partial charge is 0.227 e. The lowest BCUT2D eigenvalue weighted by atomic mass is 9.63. The standard InChI is InChI=1S/C26H29NO3/c1-17-15-21-13-14-27(16-19-9-11-22(30-3)12-10-19)26(29)24(21)23(18(17)2)25(28)20-7-5-4-6-8-20/h4-12,15,18,21,23-24H,13-14,16H2,1-3H3/t18-,21+,23+,24+/m1/s1. The first-order chi connectivity index (χ1) is 14.5. The fraction of sp³-hybridized carbons (Fsp3) is 0.385. The average molecular weight is 404 g/mol. The van der Waals surface area contributed by atoms with Crippen LogP contribution in [0.15, 0.2) is 66.2 Å². The molecule has 0 aromatic heterocycles. The number of ether oxygens (including phenoxy) is 1. The lowest BCUT2D eigenvalue weighted by Gasteiger charge is -2.45. The van der Waals surface area contributed by atoms with Gasteiger partial charge in [0.05, 0.1) is 13.0 Å². The predicted molar refractivity (Wildman–Crippen MR) is 117 cm³/mol. The molecule has 4 heteroatoms. The Bertz CT molecular complexity index is 948. The Morgan fingerprint density at radius 3 is 2.47 bits per heavy atom. The van der Waals surface area contributed by atoms with Crippen LogP contribution in [-0.4, -0.2) is 30.2 Å². The van der Waals surface area contributed by atoms with Crippen LogP contribution in [0.25, 0.3) is 0 Å². The minimum atomic E-state index is -0.312. The summed E-state index contributed by atoms with van der Waals surface area (Å²) in [6.07, 6.45) is 3.14. The third-order valence-electron chi connectivity index (χ3n) is 6.80. The molecule has 1 heterocycles. The second-order valence-corrected chi connectivity index (χ2v) is 8.54. The molecule has 0 radical (unpaired) electrons. The molecule has 0 N–H and O–H groups in total. The van der Waals surface area contributed by atoms with Gasteiger partial charge in [-0.15, -0.1) is 0 Å². The van der Waals surface area contributed by atoms with Gasteiger partial charge in [-0.25, -0.2) is 0 Å². The van der Waals surface area contributed by atoms with Gasteiger partial charge < -0.3 is 9.64 Å². The van der Waals surface area contributed by atoms with Crippen molar-refractivity contribution in [1.82, 2.24) is 4.90 Å². The highest BCUT2D eigenvalue weighted by atomic mass is 16.5. The summed E-state index contributed by atoms with van der Waals surface area (Å²) in [5.41, 5.74) is 2.99. The molecule has 1 fully saturated rings. The Balaban J connectivity index is 1.61. The number of piperidine rings is 1. The van der Waals surface area contributed by atoms with Crippen molar-refractivity contribution in [2.45, 2.75) is 26.8 Å². The fourth-order valence-electron chi connectivity index (χ4n) is 4.97. The van der Waals surface area contributed by atoms with Crippen LogP contribution in [0.3, 0.4) is 0 Å². The van der Waals surface area contributed by atoms with E-state index in [0.717, 1.165) is 24.3 Å². The summed E-state index contributed by atoms with van der Waals surface area (Å²) in [6, 6.07) is 17.2. The van der Waals surface area contributed by atoms with Gasteiger partial charge in [0.2, 0.25) is 5.91 Å². The summed E-state index contributed by atoms with van der Waals surface area (Å²) < 4.78 is 5.23. The molecule has 156 valence electrons. The molecular formula is C26H29NO3. The van der Waals surface area contributed by atoms with E-state index in [1.165, 1.54) is 5.57 Å². The number of benzene rings is 2. The van der Waals surface area contributed by atoms with Crippen LogP contribution in [0.4, 0.5) is 0 Å². The van der Waals surface area contributed by atoms with Crippen molar-refractivity contribution >= 4 is 11.7 Å². The molecule has 4 atom stereocenters. The maximum atomic E-state index is 13.6. The molecule has 4 rings (SSSR count). The molecular weight excluding hydrogens is 374 g/mol. The first-order valence-electron chi connectivity index (χ1n) is 10.7. The van der Waals surface area contributed by atoms with E-state index in [9.17, 15) is 9.59 Å². The molecule has 1 aliphatic carbocycles. The minimum Gasteiger partial charge on any atom is -0.497 e. The Labute approximate surface area is 178 Å². The molecule has 30 heavy (non-hydrogen) atoms. The molecule has 2 aromatic carbocycles. The van der Waals surface area contributed by atoms with Gasteiger partial charge in [-0.3, -0.25) is 9.59 Å². The van der Waals surface area contributed by atoms with E-state index in [4.69, 9.17) is 4.74 Å². The number of hydrogen-bond acceptors (Lipinski definition) is 3. The third-order valence-corrected chi connectivity index (χ3v) is 6.80. The number of nitrogens with zero attached hydrogens (tertiary/aromatic N) is 1. The van der Waals surface area contributed by atoms with Crippen LogP contribution in [0.2, 0.25) is 0 Å². The second kappa shape index (κ2) is 8.47. The summed E-state index contributed by atoms with van der Waals surface area (Å²) in [5, 5.41) is 0. The van der Waals surface area contributed by atoms with Crippen LogP contribution >= 0.6 is 0 Å². The van der Waals surface area contributed by atoms with Crippen molar-refractivity contribution < 1.29 is 14.3 Å². The van der Waals surface area contributed by atoms with Crippen LogP contribution in [-0.2, 0) is 11.3 Å². The number of fused-ring (bicyclic) bond motifs is 1. The zero-order valence-corrected chi connectivity index (χ0v) is 17.9. The number of carbonyl (C=O) groups excluding carboxylic acids is 2. The number of ketones is 1. The lowest BCUT2D eigenvalue weighted by Crippen LogP contribution is -2.52. The number of amides is 1. The quantitative estimate of drug-likeness (QED) is 0.534. The molecule has 0 saturated carbocycles. The van der Waals surface area contributed by atoms with E-state index < -0.39 is 0 Å². The summed E-state index contributed by atoms with van der Waals surface area (Å²) in [5.74, 6) is 0.593. The van der Waals surface area contributed by atoms with E-state index >= 15 is 0 Å². The van der Waals surface area contributed by atoms with Crippen LogP contribution in [0.1, 0.15) is 36.2 Å². The minimum absolute atomic E-state index is 0.0591. The molecule has 2 aliphatic rings. The van der Waals surface area contributed by atoms with Gasteiger partial charge in [0, 0.05) is 24.6 Å². The van der Waals surface area contributed by atoms with Crippen molar-refractivity contribution in [3.8, 4) is 5.75 Å². The molecule has 0 unspecified atom stereocenters. The van der Waals surface area contributed by atoms with Crippen LogP contribution < -0.4 is 4.74 Å². The zero-order chi connectivity index (χ0) is 21.3. The molecule has 0 bridgehead atoms. The predicted octanol–water partition coefficient (Wildman–Crippen LogP) is 4.76. The number of carbonyl (C=O) groups is 2. The number of hydrogen-bond donors (Lipinski definition) is 0. The van der Waals surface area contributed by atoms with Gasteiger partial charge in [-0.2, -0.15) is 0 Å². The third kappa shape index (κ3) is 3.79. The van der Waals surface area contributed by atoms with Crippen molar-refractivity contribution in [2.24, 2.45) is 23.7 Å². The van der Waals surface area contributed by atoms with E-state index in [0.29, 0.717) is 12.1 Å². The Hall–Kier alpha value is -2.88. The number of rotatable bonds is 5. The SMILES string of the molecule is COc1ccc(CN2CC[C@H]3C=C(C)[C@@H](C)[C@H](C(=O)c4ccccc4)[C@H]3C2=O)cc1. The molecule has 0 spiro atoms. The average Bonchev–Trinajstić information content (AvgIpc) is 2.78. The van der Waals surface area contributed by atoms with E-state index in [2.05, 4.69) is 19.9 Å². The van der Waals surface area contributed by atoms with Gasteiger partial charge >= 0.3 is 0 Å². The number of likely N-dealkylation sites (tertiary alicyclic amines) is 1. The Kier molecular flexibility index (Phi) is 5.76. The highest BCUT2D eigenvalue weighted by molar-refractivity contribution is 6.01. The highest BCUT2D eigenvalue weighted by Crippen LogP contribution is 2.44. The maximum absolute atomic E-state index is 13.6. The summed E-state index contributed by atoms with van der Waals surface area (Å²) >= 11 is 0. The Morgan fingerprint density at radius 1 is 1.10 bits per heavy atom. The van der Waals surface area contributed by atoms with Crippen molar-refractivity contribution in [3.63, 3.8) is 0 Å². The van der Waals surface area contributed by atoms with Gasteiger partial charge in [-0.1, -0.05) is 61.0 Å². The molecule has 1 amide bonds. The normalized spacial score (nSPS) is 26.0. The topological polar surface area (TPSA) is 46.6 Å². The van der Waals surface area contributed by atoms with Crippen molar-refractivity contribution in [3.05, 3.63) is 77.4 Å².